The lowest BCUT2D eigenvalue weighted by Gasteiger charge is -2.26. The quantitative estimate of drug-likeness (QED) is 0.820. The summed E-state index contributed by atoms with van der Waals surface area (Å²) < 4.78 is 7.57. The maximum atomic E-state index is 12.1. The summed E-state index contributed by atoms with van der Waals surface area (Å²) in [6.07, 6.45) is 6.83. The Labute approximate surface area is 138 Å². The van der Waals surface area contributed by atoms with Gasteiger partial charge in [0.25, 0.3) is 0 Å². The number of hydrogen-bond donors (Lipinski definition) is 0. The summed E-state index contributed by atoms with van der Waals surface area (Å²) in [6.45, 7) is 8.41. The summed E-state index contributed by atoms with van der Waals surface area (Å²) in [5, 5.41) is 0. The third kappa shape index (κ3) is 4.12. The summed E-state index contributed by atoms with van der Waals surface area (Å²) in [5.41, 5.74) is 1.29. The van der Waals surface area contributed by atoms with E-state index in [2.05, 4.69) is 14.5 Å². The molecule has 1 amide bonds. The lowest BCUT2D eigenvalue weighted by atomic mass is 10.1. The van der Waals surface area contributed by atoms with Crippen molar-refractivity contribution in [1.29, 1.82) is 0 Å². The smallest absolute Gasteiger partial charge is 0.248 e. The molecule has 0 bridgehead atoms. The Morgan fingerprint density at radius 3 is 2.78 bits per heavy atom. The number of likely N-dealkylation sites (tertiary alicyclic amines) is 1. The van der Waals surface area contributed by atoms with Gasteiger partial charge in [0.05, 0.1) is 5.69 Å². The van der Waals surface area contributed by atoms with Gasteiger partial charge in [0.1, 0.15) is 12.4 Å². The van der Waals surface area contributed by atoms with Gasteiger partial charge in [0, 0.05) is 45.4 Å². The summed E-state index contributed by atoms with van der Waals surface area (Å²) in [6, 6.07) is 0. The van der Waals surface area contributed by atoms with Crippen LogP contribution in [0.5, 0.6) is 0 Å². The second-order valence-corrected chi connectivity index (χ2v) is 6.42. The first kappa shape index (κ1) is 16.5. The first-order valence-corrected chi connectivity index (χ1v) is 8.89. The zero-order valence-corrected chi connectivity index (χ0v) is 14.2. The molecule has 0 spiro atoms. The van der Waals surface area contributed by atoms with Gasteiger partial charge in [0.15, 0.2) is 0 Å². The highest BCUT2D eigenvalue weighted by Gasteiger charge is 2.21. The van der Waals surface area contributed by atoms with Crippen LogP contribution < -0.4 is 0 Å². The molecule has 0 N–H and O–H groups in total. The Bertz CT molecular complexity index is 523. The van der Waals surface area contributed by atoms with E-state index >= 15 is 0 Å². The highest BCUT2D eigenvalue weighted by Crippen LogP contribution is 2.16. The van der Waals surface area contributed by atoms with Gasteiger partial charge in [-0.05, 0) is 32.9 Å². The molecule has 1 fully saturated rings. The Morgan fingerprint density at radius 1 is 1.17 bits per heavy atom. The van der Waals surface area contributed by atoms with Gasteiger partial charge in [0.2, 0.25) is 5.91 Å². The molecule has 2 aliphatic heterocycles. The molecular weight excluding hydrogens is 292 g/mol. The fraction of sp³-hybridized carbons (Fsp3) is 0.765. The van der Waals surface area contributed by atoms with Crippen LogP contribution in [0.1, 0.15) is 37.7 Å². The molecule has 6 nitrogen and oxygen atoms in total. The molecule has 0 saturated carbocycles. The molecular formula is C17H28N4O2. The number of fused-ring (bicyclic) bond motifs is 1. The maximum absolute atomic E-state index is 12.1. The van der Waals surface area contributed by atoms with E-state index in [0.29, 0.717) is 6.61 Å². The van der Waals surface area contributed by atoms with Gasteiger partial charge in [-0.25, -0.2) is 4.98 Å². The van der Waals surface area contributed by atoms with Gasteiger partial charge in [-0.2, -0.15) is 0 Å². The van der Waals surface area contributed by atoms with E-state index < -0.39 is 0 Å². The van der Waals surface area contributed by atoms with Crippen molar-refractivity contribution < 1.29 is 9.53 Å². The van der Waals surface area contributed by atoms with Crippen LogP contribution in [0.15, 0.2) is 6.20 Å². The summed E-state index contributed by atoms with van der Waals surface area (Å²) in [4.78, 5) is 21.2. The van der Waals surface area contributed by atoms with E-state index in [1.807, 2.05) is 18.0 Å². The zero-order valence-electron chi connectivity index (χ0n) is 14.2. The van der Waals surface area contributed by atoms with E-state index in [1.165, 1.54) is 38.0 Å². The van der Waals surface area contributed by atoms with Crippen LogP contribution in [0.4, 0.5) is 0 Å². The predicted molar refractivity (Wildman–Crippen MR) is 88.1 cm³/mol. The van der Waals surface area contributed by atoms with Crippen molar-refractivity contribution in [2.24, 2.45) is 0 Å². The first-order valence-electron chi connectivity index (χ1n) is 8.89. The van der Waals surface area contributed by atoms with Crippen LogP contribution >= 0.6 is 0 Å². The lowest BCUT2D eigenvalue weighted by Crippen LogP contribution is -2.36. The van der Waals surface area contributed by atoms with Crippen molar-refractivity contribution in [3.05, 3.63) is 17.7 Å². The molecule has 1 saturated heterocycles. The third-order valence-corrected chi connectivity index (χ3v) is 4.84. The molecule has 1 aromatic rings. The van der Waals surface area contributed by atoms with Crippen LogP contribution in [-0.2, 0) is 29.0 Å². The average Bonchev–Trinajstić information content (AvgIpc) is 2.82. The second-order valence-electron chi connectivity index (χ2n) is 6.42. The van der Waals surface area contributed by atoms with E-state index in [-0.39, 0.29) is 12.5 Å². The lowest BCUT2D eigenvalue weighted by molar-refractivity contribution is -0.135. The molecule has 6 heteroatoms. The van der Waals surface area contributed by atoms with Crippen LogP contribution in [-0.4, -0.2) is 64.7 Å². The Kier molecular flexibility index (Phi) is 5.67. The Morgan fingerprint density at radius 2 is 2.00 bits per heavy atom. The zero-order chi connectivity index (χ0) is 16.1. The third-order valence-electron chi connectivity index (χ3n) is 4.84. The second kappa shape index (κ2) is 7.93. The van der Waals surface area contributed by atoms with Crippen LogP contribution in [0.25, 0.3) is 0 Å². The van der Waals surface area contributed by atoms with Gasteiger partial charge in [-0.15, -0.1) is 0 Å². The van der Waals surface area contributed by atoms with Gasteiger partial charge in [-0.1, -0.05) is 6.42 Å². The van der Waals surface area contributed by atoms with Crippen molar-refractivity contribution in [1.82, 2.24) is 19.4 Å². The van der Waals surface area contributed by atoms with Gasteiger partial charge in [-0.3, -0.25) is 9.69 Å². The summed E-state index contributed by atoms with van der Waals surface area (Å²) >= 11 is 0. The number of amides is 1. The SMILES string of the molecule is CCOCC(=O)N1CCc2ncc(CN3CCCCC3)n2CC1. The molecule has 0 aliphatic carbocycles. The molecule has 3 rings (SSSR count). The highest BCUT2D eigenvalue weighted by molar-refractivity contribution is 5.77. The van der Waals surface area contributed by atoms with E-state index in [0.717, 1.165) is 38.4 Å². The maximum Gasteiger partial charge on any atom is 0.248 e. The fourth-order valence-corrected chi connectivity index (χ4v) is 3.50. The number of hydrogen-bond acceptors (Lipinski definition) is 4. The normalized spacial score (nSPS) is 19.4. The topological polar surface area (TPSA) is 50.6 Å². The molecule has 0 unspecified atom stereocenters. The van der Waals surface area contributed by atoms with Crippen molar-refractivity contribution in [3.8, 4) is 0 Å². The number of ether oxygens (including phenoxy) is 1. The van der Waals surface area contributed by atoms with Crippen LogP contribution in [0.3, 0.4) is 0 Å². The first-order chi connectivity index (χ1) is 11.3. The Hall–Kier alpha value is -1.40. The predicted octanol–water partition coefficient (Wildman–Crippen LogP) is 1.29. The summed E-state index contributed by atoms with van der Waals surface area (Å²) in [7, 11) is 0. The Balaban J connectivity index is 1.60. The van der Waals surface area contributed by atoms with Gasteiger partial charge < -0.3 is 14.2 Å². The number of aromatic nitrogens is 2. The van der Waals surface area contributed by atoms with Crippen LogP contribution in [0, 0.1) is 0 Å². The summed E-state index contributed by atoms with van der Waals surface area (Å²) in [5.74, 6) is 1.21. The number of nitrogens with zero attached hydrogens (tertiary/aromatic N) is 4. The number of rotatable bonds is 5. The molecule has 3 heterocycles. The van der Waals surface area contributed by atoms with Crippen molar-refractivity contribution in [2.75, 3.05) is 39.4 Å². The number of carbonyl (C=O) groups excluding carboxylic acids is 1. The monoisotopic (exact) mass is 320 g/mol. The number of imidazole rings is 1. The molecule has 2 aliphatic rings. The molecule has 1 aromatic heterocycles. The van der Waals surface area contributed by atoms with Crippen LogP contribution in [0.2, 0.25) is 0 Å². The van der Waals surface area contributed by atoms with Gasteiger partial charge >= 0.3 is 0 Å². The molecule has 128 valence electrons. The standard InChI is InChI=1S/C17H28N4O2/c1-2-23-14-17(22)20-9-6-16-18-12-15(21(16)11-10-20)13-19-7-4-3-5-8-19/h12H,2-11,13-14H2,1H3. The molecule has 0 aromatic carbocycles. The van der Waals surface area contributed by atoms with E-state index in [9.17, 15) is 4.79 Å². The number of carbonyl (C=O) groups is 1. The highest BCUT2D eigenvalue weighted by atomic mass is 16.5. The van der Waals surface area contributed by atoms with E-state index in [4.69, 9.17) is 4.74 Å². The van der Waals surface area contributed by atoms with E-state index in [1.54, 1.807) is 0 Å². The molecule has 0 atom stereocenters. The molecule has 23 heavy (non-hydrogen) atoms. The fourth-order valence-electron chi connectivity index (χ4n) is 3.50. The minimum absolute atomic E-state index is 0.0928. The van der Waals surface area contributed by atoms with Crippen molar-refractivity contribution >= 4 is 5.91 Å². The minimum atomic E-state index is 0.0928. The minimum Gasteiger partial charge on any atom is -0.372 e. The van der Waals surface area contributed by atoms with Crippen molar-refractivity contribution in [2.45, 2.75) is 45.7 Å². The molecule has 0 radical (unpaired) electrons. The van der Waals surface area contributed by atoms with Crippen molar-refractivity contribution in [3.63, 3.8) is 0 Å². The number of piperidine rings is 1. The average molecular weight is 320 g/mol. The largest absolute Gasteiger partial charge is 0.372 e.